The smallest absolute Gasteiger partial charge is 0.268 e. The first-order chi connectivity index (χ1) is 13.9. The predicted octanol–water partition coefficient (Wildman–Crippen LogP) is 2.51. The third-order valence-corrected chi connectivity index (χ3v) is 3.83. The molecule has 3 aromatic rings. The zero-order valence-electron chi connectivity index (χ0n) is 14.8. The molecule has 0 aliphatic carbocycles. The lowest BCUT2D eigenvalue weighted by atomic mass is 10.2. The van der Waals surface area contributed by atoms with E-state index in [0.717, 1.165) is 5.56 Å². The summed E-state index contributed by atoms with van der Waals surface area (Å²) in [4.78, 5) is 32.5. The van der Waals surface area contributed by atoms with E-state index in [-0.39, 0.29) is 17.1 Å². The molecule has 3 rings (SSSR count). The van der Waals surface area contributed by atoms with Crippen LogP contribution < -0.4 is 5.43 Å². The molecule has 11 heteroatoms. The summed E-state index contributed by atoms with van der Waals surface area (Å²) in [5.41, 5.74) is 3.60. The van der Waals surface area contributed by atoms with Crippen LogP contribution in [0.25, 0.3) is 0 Å². The van der Waals surface area contributed by atoms with Gasteiger partial charge in [-0.1, -0.05) is 24.3 Å². The average Bonchev–Trinajstić information content (AvgIpc) is 3.17. The van der Waals surface area contributed by atoms with Crippen molar-refractivity contribution in [2.24, 2.45) is 5.10 Å². The number of nitro benzene ring substituents is 2. The molecular weight excluding hydrogens is 380 g/mol. The standard InChI is InChI=1S/C18H14N6O5/c25-18(20-19-11-14-2-1-3-16(10-14)24(28)29)17-8-9-22(21-17)12-13-4-6-15(7-5-13)23(26)27/h1-11H,12H2,(H,20,25)/b19-11+. The lowest BCUT2D eigenvalue weighted by Crippen LogP contribution is -2.18. The van der Waals surface area contributed by atoms with Gasteiger partial charge in [-0.25, -0.2) is 5.43 Å². The van der Waals surface area contributed by atoms with Crippen molar-refractivity contribution in [2.45, 2.75) is 6.54 Å². The van der Waals surface area contributed by atoms with Crippen LogP contribution in [0.5, 0.6) is 0 Å². The molecule has 1 amide bonds. The number of carbonyl (C=O) groups is 1. The first kappa shape index (κ1) is 19.4. The van der Waals surface area contributed by atoms with Gasteiger partial charge in [-0.05, 0) is 11.6 Å². The van der Waals surface area contributed by atoms with Crippen molar-refractivity contribution in [1.29, 1.82) is 0 Å². The number of aromatic nitrogens is 2. The lowest BCUT2D eigenvalue weighted by Gasteiger charge is -2.01. The van der Waals surface area contributed by atoms with Crippen LogP contribution in [0.1, 0.15) is 21.6 Å². The summed E-state index contributed by atoms with van der Waals surface area (Å²) in [7, 11) is 0. The molecule has 0 aliphatic heterocycles. The topological polar surface area (TPSA) is 146 Å². The fourth-order valence-electron chi connectivity index (χ4n) is 2.42. The van der Waals surface area contributed by atoms with E-state index in [4.69, 9.17) is 0 Å². The first-order valence-corrected chi connectivity index (χ1v) is 8.27. The Kier molecular flexibility index (Phi) is 5.69. The number of amides is 1. The van der Waals surface area contributed by atoms with Crippen molar-refractivity contribution in [2.75, 3.05) is 0 Å². The molecule has 0 spiro atoms. The molecule has 0 radical (unpaired) electrons. The van der Waals surface area contributed by atoms with Crippen molar-refractivity contribution >= 4 is 23.5 Å². The molecule has 0 aliphatic rings. The SMILES string of the molecule is O=C(N/N=C/c1cccc([N+](=O)[O-])c1)c1ccn(Cc2ccc([N+](=O)[O-])cc2)n1. The van der Waals surface area contributed by atoms with E-state index in [1.165, 1.54) is 47.3 Å². The molecule has 0 bridgehead atoms. The summed E-state index contributed by atoms with van der Waals surface area (Å²) in [6.07, 6.45) is 2.89. The number of benzene rings is 2. The van der Waals surface area contributed by atoms with Crippen LogP contribution in [0.2, 0.25) is 0 Å². The molecule has 29 heavy (non-hydrogen) atoms. The van der Waals surface area contributed by atoms with Crippen LogP contribution in [0, 0.1) is 20.2 Å². The van der Waals surface area contributed by atoms with Crippen LogP contribution in [0.3, 0.4) is 0 Å². The maximum Gasteiger partial charge on any atom is 0.291 e. The highest BCUT2D eigenvalue weighted by Crippen LogP contribution is 2.13. The summed E-state index contributed by atoms with van der Waals surface area (Å²) < 4.78 is 1.51. The van der Waals surface area contributed by atoms with E-state index < -0.39 is 15.8 Å². The summed E-state index contributed by atoms with van der Waals surface area (Å²) in [6, 6.07) is 13.3. The van der Waals surface area contributed by atoms with Gasteiger partial charge in [0.25, 0.3) is 17.3 Å². The van der Waals surface area contributed by atoms with E-state index in [9.17, 15) is 25.0 Å². The Morgan fingerprint density at radius 3 is 2.48 bits per heavy atom. The highest BCUT2D eigenvalue weighted by atomic mass is 16.6. The fourth-order valence-corrected chi connectivity index (χ4v) is 2.42. The summed E-state index contributed by atoms with van der Waals surface area (Å²) in [5.74, 6) is -0.547. The normalized spacial score (nSPS) is 10.8. The molecule has 146 valence electrons. The minimum absolute atomic E-state index is 0.00380. The maximum atomic E-state index is 12.1. The Morgan fingerprint density at radius 1 is 1.07 bits per heavy atom. The third kappa shape index (κ3) is 5.07. The summed E-state index contributed by atoms with van der Waals surface area (Å²) in [5, 5.41) is 29.3. The predicted molar refractivity (Wildman–Crippen MR) is 103 cm³/mol. The van der Waals surface area contributed by atoms with Crippen LogP contribution >= 0.6 is 0 Å². The number of rotatable bonds is 7. The molecule has 1 heterocycles. The molecule has 0 fully saturated rings. The Morgan fingerprint density at radius 2 is 1.79 bits per heavy atom. The van der Waals surface area contributed by atoms with Crippen LogP contribution in [0.4, 0.5) is 11.4 Å². The number of hydrogen-bond donors (Lipinski definition) is 1. The molecule has 0 atom stereocenters. The molecular formula is C18H14N6O5. The van der Waals surface area contributed by atoms with Crippen LogP contribution in [-0.4, -0.2) is 31.7 Å². The van der Waals surface area contributed by atoms with Crippen molar-refractivity contribution in [3.8, 4) is 0 Å². The van der Waals surface area contributed by atoms with Crippen molar-refractivity contribution in [1.82, 2.24) is 15.2 Å². The second-order valence-electron chi connectivity index (χ2n) is 5.87. The minimum Gasteiger partial charge on any atom is -0.268 e. The van der Waals surface area contributed by atoms with Gasteiger partial charge in [0, 0.05) is 36.0 Å². The molecule has 0 saturated carbocycles. The first-order valence-electron chi connectivity index (χ1n) is 8.27. The number of nitro groups is 2. The van der Waals surface area contributed by atoms with E-state index in [2.05, 4.69) is 15.6 Å². The monoisotopic (exact) mass is 394 g/mol. The van der Waals surface area contributed by atoms with Gasteiger partial charge in [-0.15, -0.1) is 0 Å². The average molecular weight is 394 g/mol. The van der Waals surface area contributed by atoms with Gasteiger partial charge in [0.05, 0.1) is 22.6 Å². The zero-order chi connectivity index (χ0) is 20.8. The number of hydrazone groups is 1. The number of carbonyl (C=O) groups excluding carboxylic acids is 1. The van der Waals surface area contributed by atoms with Gasteiger partial charge in [-0.2, -0.15) is 10.2 Å². The summed E-state index contributed by atoms with van der Waals surface area (Å²) >= 11 is 0. The van der Waals surface area contributed by atoms with E-state index in [1.807, 2.05) is 0 Å². The number of nitrogens with zero attached hydrogens (tertiary/aromatic N) is 5. The second-order valence-corrected chi connectivity index (χ2v) is 5.87. The lowest BCUT2D eigenvalue weighted by molar-refractivity contribution is -0.385. The van der Waals surface area contributed by atoms with Crippen molar-refractivity contribution in [3.63, 3.8) is 0 Å². The van der Waals surface area contributed by atoms with Crippen LogP contribution in [0.15, 0.2) is 65.9 Å². The summed E-state index contributed by atoms with van der Waals surface area (Å²) in [6.45, 7) is 0.336. The van der Waals surface area contributed by atoms with E-state index in [0.29, 0.717) is 12.1 Å². The van der Waals surface area contributed by atoms with E-state index in [1.54, 1.807) is 24.4 Å². The molecule has 0 unspecified atom stereocenters. The molecule has 2 aromatic carbocycles. The van der Waals surface area contributed by atoms with Crippen LogP contribution in [-0.2, 0) is 6.54 Å². The van der Waals surface area contributed by atoms with Gasteiger partial charge >= 0.3 is 0 Å². The van der Waals surface area contributed by atoms with Gasteiger partial charge in [-0.3, -0.25) is 29.7 Å². The molecule has 0 saturated heterocycles. The highest BCUT2D eigenvalue weighted by Gasteiger charge is 2.10. The zero-order valence-corrected chi connectivity index (χ0v) is 14.8. The second kappa shape index (κ2) is 8.52. The Hall–Kier alpha value is -4.41. The largest absolute Gasteiger partial charge is 0.291 e. The third-order valence-electron chi connectivity index (χ3n) is 3.83. The maximum absolute atomic E-state index is 12.1. The van der Waals surface area contributed by atoms with Gasteiger partial charge in [0.15, 0.2) is 5.69 Å². The molecule has 1 N–H and O–H groups in total. The number of hydrogen-bond acceptors (Lipinski definition) is 7. The van der Waals surface area contributed by atoms with Gasteiger partial charge in [0.2, 0.25) is 0 Å². The number of nitrogens with one attached hydrogen (secondary N) is 1. The fraction of sp³-hybridized carbons (Fsp3) is 0.0556. The highest BCUT2D eigenvalue weighted by molar-refractivity contribution is 5.93. The molecule has 1 aromatic heterocycles. The minimum atomic E-state index is -0.547. The van der Waals surface area contributed by atoms with E-state index >= 15 is 0 Å². The Bertz CT molecular complexity index is 1090. The van der Waals surface area contributed by atoms with Crippen molar-refractivity contribution < 1.29 is 14.6 Å². The molecule has 11 nitrogen and oxygen atoms in total. The Balaban J connectivity index is 1.59. The van der Waals surface area contributed by atoms with Gasteiger partial charge < -0.3 is 0 Å². The number of non-ortho nitro benzene ring substituents is 2. The van der Waals surface area contributed by atoms with Crippen molar-refractivity contribution in [3.05, 3.63) is 97.8 Å². The van der Waals surface area contributed by atoms with Gasteiger partial charge in [0.1, 0.15) is 0 Å². The quantitative estimate of drug-likeness (QED) is 0.370. The Labute approximate surface area is 163 Å².